The quantitative estimate of drug-likeness (QED) is 0.143. The van der Waals surface area contributed by atoms with E-state index < -0.39 is 22.2 Å². The molecule has 0 saturated heterocycles. The van der Waals surface area contributed by atoms with E-state index in [-0.39, 0.29) is 61.1 Å². The molecule has 1 aliphatic rings. The van der Waals surface area contributed by atoms with Crippen LogP contribution < -0.4 is 21.1 Å². The Hall–Kier alpha value is -4.46. The van der Waals surface area contributed by atoms with Crippen LogP contribution in [-0.4, -0.2) is 79.3 Å². The zero-order valence-corrected chi connectivity index (χ0v) is 29.1. The van der Waals surface area contributed by atoms with Crippen molar-refractivity contribution in [3.8, 4) is 5.75 Å². The molecule has 264 valence electrons. The number of para-hydroxylation sites is 2. The minimum Gasteiger partial charge on any atom is -0.488 e. The van der Waals surface area contributed by atoms with Crippen molar-refractivity contribution in [2.75, 3.05) is 43.1 Å². The predicted octanol–water partition coefficient (Wildman–Crippen LogP) is 4.27. The molecule has 0 bridgehead atoms. The van der Waals surface area contributed by atoms with Crippen LogP contribution in [0.4, 0.5) is 17.1 Å². The van der Waals surface area contributed by atoms with Crippen molar-refractivity contribution in [3.05, 3.63) is 78.4 Å². The summed E-state index contributed by atoms with van der Waals surface area (Å²) in [5.41, 5.74) is 7.99. The summed E-state index contributed by atoms with van der Waals surface area (Å²) in [6.07, 6.45) is 1.80. The first-order chi connectivity index (χ1) is 23.4. The summed E-state index contributed by atoms with van der Waals surface area (Å²) in [4.78, 5) is 40.4. The van der Waals surface area contributed by atoms with Gasteiger partial charge >= 0.3 is 0 Å². The number of benzene rings is 3. The number of hydrogen-bond donors (Lipinski definition) is 4. The molecule has 0 radical (unpaired) electrons. The summed E-state index contributed by atoms with van der Waals surface area (Å²) < 4.78 is 34.4. The molecule has 1 aliphatic heterocycles. The fraction of sp³-hybridized carbons (Fsp3) is 0.417. The Bertz CT molecular complexity index is 1700. The molecular formula is C36H47N5O7S. The maximum absolute atomic E-state index is 13.5. The van der Waals surface area contributed by atoms with Crippen LogP contribution in [0.25, 0.3) is 0 Å². The van der Waals surface area contributed by atoms with Gasteiger partial charge in [0.2, 0.25) is 27.7 Å². The number of nitrogen functional groups attached to an aromatic ring is 1. The van der Waals surface area contributed by atoms with Crippen LogP contribution in [0.1, 0.15) is 51.5 Å². The van der Waals surface area contributed by atoms with Gasteiger partial charge in [-0.2, -0.15) is 4.31 Å². The van der Waals surface area contributed by atoms with E-state index in [0.29, 0.717) is 54.1 Å². The number of hydrogen-bond acceptors (Lipinski definition) is 8. The molecule has 0 aromatic heterocycles. The number of aliphatic hydroxyl groups excluding tert-OH is 1. The van der Waals surface area contributed by atoms with E-state index in [1.54, 1.807) is 72.5 Å². The maximum Gasteiger partial charge on any atom is 0.242 e. The Morgan fingerprint density at radius 3 is 2.33 bits per heavy atom. The van der Waals surface area contributed by atoms with Crippen molar-refractivity contribution in [2.24, 2.45) is 5.92 Å². The minimum absolute atomic E-state index is 0.0217. The number of aliphatic hydroxyl groups is 1. The van der Waals surface area contributed by atoms with Gasteiger partial charge in [-0.15, -0.1) is 0 Å². The molecule has 0 fully saturated rings. The molecule has 0 saturated carbocycles. The van der Waals surface area contributed by atoms with Gasteiger partial charge in [0.1, 0.15) is 11.9 Å². The lowest BCUT2D eigenvalue weighted by Crippen LogP contribution is -2.48. The SMILES string of the molecule is C[C@@H]1CN([C@H](C)CO)C(=O)Cc2cc(NC(=O)CCCCCC(=O)Nc3ccccc3N)ccc2O[C@@H]1CN(C)S(=O)(=O)c1ccccc1. The van der Waals surface area contributed by atoms with Crippen molar-refractivity contribution in [3.63, 3.8) is 0 Å². The van der Waals surface area contributed by atoms with Gasteiger partial charge in [0.05, 0.1) is 41.9 Å². The van der Waals surface area contributed by atoms with Crippen LogP contribution in [0.3, 0.4) is 0 Å². The van der Waals surface area contributed by atoms with Crippen LogP contribution in [-0.2, 0) is 30.8 Å². The lowest BCUT2D eigenvalue weighted by Gasteiger charge is -2.33. The topological polar surface area (TPSA) is 171 Å². The summed E-state index contributed by atoms with van der Waals surface area (Å²) in [7, 11) is -2.30. The number of likely N-dealkylation sites (N-methyl/N-ethyl adjacent to an activating group) is 1. The molecule has 4 rings (SSSR count). The largest absolute Gasteiger partial charge is 0.488 e. The Kier molecular flexibility index (Phi) is 13.2. The second kappa shape index (κ2) is 17.3. The maximum atomic E-state index is 13.5. The molecule has 0 unspecified atom stereocenters. The number of nitrogens with zero attached hydrogens (tertiary/aromatic N) is 2. The molecule has 3 atom stereocenters. The number of sulfonamides is 1. The third-order valence-corrected chi connectivity index (χ3v) is 10.5. The third kappa shape index (κ3) is 10.3. The van der Waals surface area contributed by atoms with Crippen molar-refractivity contribution in [1.82, 2.24) is 9.21 Å². The Labute approximate surface area is 288 Å². The van der Waals surface area contributed by atoms with E-state index in [2.05, 4.69) is 10.6 Å². The van der Waals surface area contributed by atoms with Crippen LogP contribution in [0.15, 0.2) is 77.7 Å². The Morgan fingerprint density at radius 1 is 1.00 bits per heavy atom. The zero-order chi connectivity index (χ0) is 35.6. The highest BCUT2D eigenvalue weighted by molar-refractivity contribution is 7.89. The molecule has 0 aliphatic carbocycles. The van der Waals surface area contributed by atoms with Crippen LogP contribution in [0.2, 0.25) is 0 Å². The van der Waals surface area contributed by atoms with E-state index in [4.69, 9.17) is 10.5 Å². The number of nitrogens with two attached hydrogens (primary N) is 1. The smallest absolute Gasteiger partial charge is 0.242 e. The van der Waals surface area contributed by atoms with E-state index in [1.165, 1.54) is 23.5 Å². The van der Waals surface area contributed by atoms with Gasteiger partial charge in [0.15, 0.2) is 0 Å². The normalized spacial score (nSPS) is 17.2. The number of unbranched alkanes of at least 4 members (excludes halogenated alkanes) is 2. The van der Waals surface area contributed by atoms with E-state index in [9.17, 15) is 27.9 Å². The number of carbonyl (C=O) groups excluding carboxylic acids is 3. The fourth-order valence-electron chi connectivity index (χ4n) is 5.64. The highest BCUT2D eigenvalue weighted by atomic mass is 32.2. The van der Waals surface area contributed by atoms with Gasteiger partial charge in [-0.3, -0.25) is 14.4 Å². The standard InChI is InChI=1S/C36H47N5O7S/c1-25-22-41(26(2)24-42)36(45)21-27-20-28(38-34(43)16-8-5-9-17-35(44)39-31-15-11-10-14-30(31)37)18-19-32(27)48-33(25)23-40(3)49(46,47)29-12-6-4-7-13-29/h4,6-7,10-15,18-20,25-26,33,42H,5,8-9,16-17,21-24,37H2,1-3H3,(H,38,43)(H,39,44)/t25-,26-,33-/m1/s1. The average Bonchev–Trinajstić information content (AvgIpc) is 3.12. The predicted molar refractivity (Wildman–Crippen MR) is 189 cm³/mol. The van der Waals surface area contributed by atoms with Gasteiger partial charge in [-0.05, 0) is 62.2 Å². The molecule has 3 amide bonds. The van der Waals surface area contributed by atoms with E-state index in [0.717, 1.165) is 0 Å². The molecule has 12 nitrogen and oxygen atoms in total. The van der Waals surface area contributed by atoms with Crippen LogP contribution >= 0.6 is 0 Å². The lowest BCUT2D eigenvalue weighted by molar-refractivity contribution is -0.134. The molecular weight excluding hydrogens is 646 g/mol. The van der Waals surface area contributed by atoms with Crippen LogP contribution in [0.5, 0.6) is 5.75 Å². The number of ether oxygens (including phenoxy) is 1. The van der Waals surface area contributed by atoms with Crippen LogP contribution in [0, 0.1) is 5.92 Å². The van der Waals surface area contributed by atoms with Gasteiger partial charge in [0.25, 0.3) is 0 Å². The number of rotatable bonds is 14. The van der Waals surface area contributed by atoms with E-state index in [1.807, 2.05) is 6.92 Å². The third-order valence-electron chi connectivity index (χ3n) is 8.63. The minimum atomic E-state index is -3.80. The first kappa shape index (κ1) is 37.4. The number of anilines is 3. The first-order valence-electron chi connectivity index (χ1n) is 16.5. The number of carbonyl (C=O) groups is 3. The summed E-state index contributed by atoms with van der Waals surface area (Å²) in [5.74, 6) is -0.427. The van der Waals surface area contributed by atoms with E-state index >= 15 is 0 Å². The fourth-order valence-corrected chi connectivity index (χ4v) is 6.85. The second-order valence-corrected chi connectivity index (χ2v) is 14.6. The molecule has 3 aromatic rings. The van der Waals surface area contributed by atoms with Crippen molar-refractivity contribution >= 4 is 44.8 Å². The Balaban J connectivity index is 1.40. The Morgan fingerprint density at radius 2 is 1.65 bits per heavy atom. The molecule has 5 N–H and O–H groups in total. The average molecular weight is 694 g/mol. The highest BCUT2D eigenvalue weighted by Gasteiger charge is 2.33. The molecule has 49 heavy (non-hydrogen) atoms. The summed E-state index contributed by atoms with van der Waals surface area (Å²) in [6.45, 7) is 3.69. The van der Waals surface area contributed by atoms with Gasteiger partial charge in [-0.25, -0.2) is 8.42 Å². The lowest BCUT2D eigenvalue weighted by atomic mass is 10.0. The molecule has 1 heterocycles. The van der Waals surface area contributed by atoms with Crippen molar-refractivity contribution < 1.29 is 32.6 Å². The summed E-state index contributed by atoms with van der Waals surface area (Å²) >= 11 is 0. The van der Waals surface area contributed by atoms with Gasteiger partial charge in [-0.1, -0.05) is 43.7 Å². The van der Waals surface area contributed by atoms with Crippen molar-refractivity contribution in [2.45, 2.75) is 69.4 Å². The number of amides is 3. The molecule has 0 spiro atoms. The molecule has 13 heteroatoms. The summed E-state index contributed by atoms with van der Waals surface area (Å²) in [6, 6.07) is 19.8. The number of nitrogens with one attached hydrogen (secondary N) is 2. The van der Waals surface area contributed by atoms with Gasteiger partial charge in [0, 0.05) is 43.6 Å². The highest BCUT2D eigenvalue weighted by Crippen LogP contribution is 2.30. The van der Waals surface area contributed by atoms with Gasteiger partial charge < -0.3 is 31.1 Å². The molecule has 3 aromatic carbocycles. The number of fused-ring (bicyclic) bond motifs is 1. The summed E-state index contributed by atoms with van der Waals surface area (Å²) in [5, 5.41) is 15.6. The zero-order valence-electron chi connectivity index (χ0n) is 28.3. The van der Waals surface area contributed by atoms with Crippen molar-refractivity contribution in [1.29, 1.82) is 0 Å². The second-order valence-electron chi connectivity index (χ2n) is 12.6. The first-order valence-corrected chi connectivity index (χ1v) is 18.0. The monoisotopic (exact) mass is 693 g/mol.